The van der Waals surface area contributed by atoms with Crippen LogP contribution in [-0.2, 0) is 36.5 Å². The van der Waals surface area contributed by atoms with Crippen LogP contribution in [0.3, 0.4) is 0 Å². The summed E-state index contributed by atoms with van der Waals surface area (Å²) in [7, 11) is 1.09. The van der Waals surface area contributed by atoms with Gasteiger partial charge in [-0.05, 0) is 48.6 Å². The maximum absolute atomic E-state index is 11.7. The van der Waals surface area contributed by atoms with Crippen LogP contribution in [-0.4, -0.2) is 46.2 Å². The van der Waals surface area contributed by atoms with Gasteiger partial charge in [0.1, 0.15) is 5.82 Å². The van der Waals surface area contributed by atoms with Gasteiger partial charge >= 0.3 is 0 Å². The predicted octanol–water partition coefficient (Wildman–Crippen LogP) is 3.14. The van der Waals surface area contributed by atoms with Crippen LogP contribution in [0.2, 0.25) is 0 Å². The van der Waals surface area contributed by atoms with E-state index in [1.807, 2.05) is 16.3 Å². The number of hydrogen-bond donors (Lipinski definition) is 0. The molecule has 0 aliphatic carbocycles. The molecule has 3 rings (SSSR count). The molecule has 1 atom stereocenters. The Hall–Kier alpha value is -1.51. The van der Waals surface area contributed by atoms with E-state index >= 15 is 0 Å². The second-order valence-electron chi connectivity index (χ2n) is 8.28. The van der Waals surface area contributed by atoms with Crippen LogP contribution in [0.1, 0.15) is 43.1 Å². The molecule has 154 valence electrons. The smallest absolute Gasteiger partial charge is 0.198 e. The van der Waals surface area contributed by atoms with Gasteiger partial charge in [0.25, 0.3) is 0 Å². The average molecular weight is 423 g/mol. The number of nitrogens with zero attached hydrogens (tertiary/aromatic N) is 4. The maximum atomic E-state index is 11.7. The number of benzene rings is 1. The highest BCUT2D eigenvalue weighted by Crippen LogP contribution is 2.22. The second kappa shape index (κ2) is 8.47. The lowest BCUT2D eigenvalue weighted by atomic mass is 10.0. The van der Waals surface area contributed by atoms with Gasteiger partial charge in [0.15, 0.2) is 14.6 Å². The molecule has 8 heteroatoms. The van der Waals surface area contributed by atoms with E-state index in [2.05, 4.69) is 55.2 Å². The van der Waals surface area contributed by atoms with Gasteiger partial charge in [-0.1, -0.05) is 38.1 Å². The zero-order chi connectivity index (χ0) is 20.5. The Bertz CT molecular complexity index is 975. The molecular formula is C20H30N4O2S2. The fraction of sp³-hybridized carbons (Fsp3) is 0.600. The number of rotatable bonds is 7. The quantitative estimate of drug-likeness (QED) is 0.642. The van der Waals surface area contributed by atoms with Gasteiger partial charge in [-0.2, -0.15) is 5.10 Å². The van der Waals surface area contributed by atoms with Crippen molar-refractivity contribution in [3.8, 4) is 0 Å². The lowest BCUT2D eigenvalue weighted by Crippen LogP contribution is -2.22. The van der Waals surface area contributed by atoms with E-state index in [-0.39, 0.29) is 11.7 Å². The van der Waals surface area contributed by atoms with E-state index in [4.69, 9.17) is 12.2 Å². The van der Waals surface area contributed by atoms with Gasteiger partial charge in [0, 0.05) is 20.0 Å². The average Bonchev–Trinajstić information content (AvgIpc) is 3.09. The third-order valence-corrected chi connectivity index (χ3v) is 7.72. The largest absolute Gasteiger partial charge is 0.307 e. The van der Waals surface area contributed by atoms with Gasteiger partial charge in [0.2, 0.25) is 0 Å². The molecule has 0 unspecified atom stereocenters. The number of sulfone groups is 1. The second-order valence-corrected chi connectivity index (χ2v) is 10.9. The van der Waals surface area contributed by atoms with Crippen LogP contribution >= 0.6 is 12.2 Å². The monoisotopic (exact) mass is 422 g/mol. The summed E-state index contributed by atoms with van der Waals surface area (Å²) in [5.74, 6) is 2.10. The van der Waals surface area contributed by atoms with Crippen molar-refractivity contribution < 1.29 is 8.42 Å². The fourth-order valence-electron chi connectivity index (χ4n) is 3.69. The Morgan fingerprint density at radius 2 is 1.96 bits per heavy atom. The molecule has 1 aliphatic heterocycles. The first-order chi connectivity index (χ1) is 13.1. The van der Waals surface area contributed by atoms with Gasteiger partial charge < -0.3 is 4.57 Å². The van der Waals surface area contributed by atoms with Crippen LogP contribution in [0.5, 0.6) is 0 Å². The highest BCUT2D eigenvalue weighted by atomic mass is 32.2. The van der Waals surface area contributed by atoms with E-state index in [0.29, 0.717) is 36.0 Å². The molecule has 1 saturated heterocycles. The van der Waals surface area contributed by atoms with Crippen LogP contribution in [0.25, 0.3) is 0 Å². The summed E-state index contributed by atoms with van der Waals surface area (Å²) in [5.41, 5.74) is 2.60. The Balaban J connectivity index is 1.64. The summed E-state index contributed by atoms with van der Waals surface area (Å²) < 4.78 is 27.8. The summed E-state index contributed by atoms with van der Waals surface area (Å²) in [5, 5.41) is 4.68. The first kappa shape index (κ1) is 21.2. The minimum atomic E-state index is -2.87. The van der Waals surface area contributed by atoms with Crippen molar-refractivity contribution in [1.82, 2.24) is 19.2 Å². The number of aromatic nitrogens is 3. The molecule has 6 nitrogen and oxygen atoms in total. The Morgan fingerprint density at radius 1 is 1.29 bits per heavy atom. The van der Waals surface area contributed by atoms with Crippen molar-refractivity contribution >= 4 is 22.1 Å². The minimum absolute atomic E-state index is 0.145. The van der Waals surface area contributed by atoms with E-state index < -0.39 is 9.84 Å². The van der Waals surface area contributed by atoms with Crippen molar-refractivity contribution in [3.05, 3.63) is 46.0 Å². The molecule has 2 aromatic rings. The SMILES string of the molecule is CC(C)c1ccc(CN(C)Cn2nc(C[C@@H]3CCS(=O)(=O)C3)n(C)c2=S)cc1. The minimum Gasteiger partial charge on any atom is -0.307 e. The predicted molar refractivity (Wildman–Crippen MR) is 114 cm³/mol. The fourth-order valence-corrected chi connectivity index (χ4v) is 5.76. The molecule has 0 spiro atoms. The molecule has 1 fully saturated rings. The van der Waals surface area contributed by atoms with Crippen molar-refractivity contribution in [1.29, 1.82) is 0 Å². The topological polar surface area (TPSA) is 60.1 Å². The zero-order valence-corrected chi connectivity index (χ0v) is 18.8. The van der Waals surface area contributed by atoms with Crippen molar-refractivity contribution in [2.45, 2.75) is 45.8 Å². The normalized spacial score (nSPS) is 19.0. The highest BCUT2D eigenvalue weighted by molar-refractivity contribution is 7.91. The Morgan fingerprint density at radius 3 is 2.54 bits per heavy atom. The third kappa shape index (κ3) is 5.10. The lowest BCUT2D eigenvalue weighted by Gasteiger charge is -2.17. The number of hydrogen-bond acceptors (Lipinski definition) is 5. The van der Waals surface area contributed by atoms with Gasteiger partial charge in [-0.15, -0.1) is 0 Å². The highest BCUT2D eigenvalue weighted by Gasteiger charge is 2.29. The molecule has 1 aromatic carbocycles. The van der Waals surface area contributed by atoms with Crippen LogP contribution in [0, 0.1) is 10.7 Å². The van der Waals surface area contributed by atoms with E-state index in [9.17, 15) is 8.42 Å². The summed E-state index contributed by atoms with van der Waals surface area (Å²) in [6.45, 7) is 5.81. The molecule has 0 saturated carbocycles. The molecule has 0 radical (unpaired) electrons. The zero-order valence-electron chi connectivity index (χ0n) is 17.1. The van der Waals surface area contributed by atoms with Crippen LogP contribution in [0.15, 0.2) is 24.3 Å². The van der Waals surface area contributed by atoms with Crippen molar-refractivity contribution in [2.24, 2.45) is 13.0 Å². The van der Waals surface area contributed by atoms with E-state index in [1.54, 1.807) is 0 Å². The summed E-state index contributed by atoms with van der Waals surface area (Å²) >= 11 is 5.55. The van der Waals surface area contributed by atoms with Crippen LogP contribution < -0.4 is 0 Å². The van der Waals surface area contributed by atoms with Crippen LogP contribution in [0.4, 0.5) is 0 Å². The molecule has 0 amide bonds. The van der Waals surface area contributed by atoms with Gasteiger partial charge in [0.05, 0.1) is 18.2 Å². The third-order valence-electron chi connectivity index (χ3n) is 5.40. The van der Waals surface area contributed by atoms with Crippen molar-refractivity contribution in [3.63, 3.8) is 0 Å². The Labute approximate surface area is 173 Å². The molecular weight excluding hydrogens is 392 g/mol. The lowest BCUT2D eigenvalue weighted by molar-refractivity contribution is 0.243. The standard InChI is InChI=1S/C20H30N4O2S2/c1-15(2)18-7-5-16(6-8-18)12-22(3)14-24-20(27)23(4)19(21-24)11-17-9-10-28(25,26)13-17/h5-8,15,17H,9-14H2,1-4H3/t17-/m0/s1. The molecule has 28 heavy (non-hydrogen) atoms. The van der Waals surface area contributed by atoms with E-state index in [1.165, 1.54) is 11.1 Å². The summed E-state index contributed by atoms with van der Waals surface area (Å²) in [6.07, 6.45) is 1.38. The van der Waals surface area contributed by atoms with Crippen molar-refractivity contribution in [2.75, 3.05) is 18.6 Å². The summed E-state index contributed by atoms with van der Waals surface area (Å²) in [6, 6.07) is 8.73. The first-order valence-electron chi connectivity index (χ1n) is 9.75. The van der Waals surface area contributed by atoms with Gasteiger partial charge in [-0.3, -0.25) is 4.90 Å². The molecule has 0 bridgehead atoms. The van der Waals surface area contributed by atoms with Gasteiger partial charge in [-0.25, -0.2) is 13.1 Å². The summed E-state index contributed by atoms with van der Waals surface area (Å²) in [4.78, 5) is 2.18. The molecule has 1 aliphatic rings. The Kier molecular flexibility index (Phi) is 6.41. The first-order valence-corrected chi connectivity index (χ1v) is 12.0. The molecule has 1 aromatic heterocycles. The van der Waals surface area contributed by atoms with E-state index in [0.717, 1.165) is 12.4 Å². The molecule has 0 N–H and O–H groups in total. The maximum Gasteiger partial charge on any atom is 0.198 e. The molecule has 2 heterocycles.